The van der Waals surface area contributed by atoms with Gasteiger partial charge in [0.15, 0.2) is 0 Å². The number of nitrogens with one attached hydrogen (secondary N) is 1. The molecule has 0 bridgehead atoms. The number of nitro groups is 1. The number of non-ortho nitro benzene ring substituents is 1. The van der Waals surface area contributed by atoms with Crippen molar-refractivity contribution in [3.05, 3.63) is 39.9 Å². The van der Waals surface area contributed by atoms with Crippen LogP contribution in [0.4, 0.5) is 5.69 Å². The predicted molar refractivity (Wildman–Crippen MR) is 70.7 cm³/mol. The molecule has 0 aliphatic heterocycles. The second-order valence-electron chi connectivity index (χ2n) is 4.22. The zero-order valence-electron chi connectivity index (χ0n) is 11.3. The lowest BCUT2D eigenvalue weighted by Crippen LogP contribution is -2.38. The van der Waals surface area contributed by atoms with Crippen molar-refractivity contribution in [3.63, 3.8) is 0 Å². The molecule has 0 radical (unpaired) electrons. The van der Waals surface area contributed by atoms with E-state index >= 15 is 0 Å². The first-order valence-electron chi connectivity index (χ1n) is 6.07. The van der Waals surface area contributed by atoms with Crippen LogP contribution in [-0.2, 0) is 9.53 Å². The molecular weight excluding hydrogens is 248 g/mol. The number of ether oxygens (including phenoxy) is 1. The first-order chi connectivity index (χ1) is 8.99. The van der Waals surface area contributed by atoms with Crippen LogP contribution in [0, 0.1) is 10.1 Å². The van der Waals surface area contributed by atoms with Crippen LogP contribution in [-0.4, -0.2) is 24.0 Å². The van der Waals surface area contributed by atoms with Crippen molar-refractivity contribution < 1.29 is 14.5 Å². The van der Waals surface area contributed by atoms with Gasteiger partial charge < -0.3 is 4.74 Å². The summed E-state index contributed by atoms with van der Waals surface area (Å²) in [4.78, 5) is 21.8. The van der Waals surface area contributed by atoms with E-state index in [1.165, 1.54) is 19.2 Å². The molecule has 0 saturated heterocycles. The maximum Gasteiger partial charge on any atom is 0.322 e. The summed E-state index contributed by atoms with van der Waals surface area (Å²) in [6.45, 7) is 3.72. The number of nitro benzene ring substituents is 1. The number of benzene rings is 1. The number of rotatable bonds is 6. The highest BCUT2D eigenvalue weighted by molar-refractivity contribution is 5.75. The predicted octanol–water partition coefficient (Wildman–Crippen LogP) is 2.20. The van der Waals surface area contributed by atoms with Crippen molar-refractivity contribution >= 4 is 11.7 Å². The van der Waals surface area contributed by atoms with Gasteiger partial charge in [0, 0.05) is 18.2 Å². The topological polar surface area (TPSA) is 81.5 Å². The number of carbonyl (C=O) groups is 1. The Morgan fingerprint density at radius 3 is 2.74 bits per heavy atom. The first kappa shape index (κ1) is 15.1. The van der Waals surface area contributed by atoms with Gasteiger partial charge >= 0.3 is 5.97 Å². The van der Waals surface area contributed by atoms with Crippen LogP contribution < -0.4 is 5.32 Å². The largest absolute Gasteiger partial charge is 0.468 e. The summed E-state index contributed by atoms with van der Waals surface area (Å²) in [6, 6.07) is 5.76. The Bertz CT molecular complexity index is 462. The molecular formula is C13H18N2O4. The third-order valence-corrected chi connectivity index (χ3v) is 2.93. The van der Waals surface area contributed by atoms with Crippen LogP contribution in [0.2, 0.25) is 0 Å². The van der Waals surface area contributed by atoms with Gasteiger partial charge in [0.2, 0.25) is 0 Å². The average Bonchev–Trinajstić information content (AvgIpc) is 2.43. The van der Waals surface area contributed by atoms with Crippen LogP contribution in [0.1, 0.15) is 31.9 Å². The van der Waals surface area contributed by atoms with E-state index in [-0.39, 0.29) is 17.7 Å². The molecule has 0 aliphatic carbocycles. The van der Waals surface area contributed by atoms with Gasteiger partial charge in [-0.15, -0.1) is 0 Å². The monoisotopic (exact) mass is 266 g/mol. The Kier molecular flexibility index (Phi) is 5.44. The molecule has 6 heteroatoms. The number of esters is 1. The molecule has 19 heavy (non-hydrogen) atoms. The third-order valence-electron chi connectivity index (χ3n) is 2.93. The van der Waals surface area contributed by atoms with Crippen LogP contribution in [0.5, 0.6) is 0 Å². The fourth-order valence-electron chi connectivity index (χ4n) is 1.80. The van der Waals surface area contributed by atoms with E-state index in [2.05, 4.69) is 5.32 Å². The lowest BCUT2D eigenvalue weighted by molar-refractivity contribution is -0.384. The van der Waals surface area contributed by atoms with E-state index in [1.807, 2.05) is 13.8 Å². The molecule has 1 rings (SSSR count). The fraction of sp³-hybridized carbons (Fsp3) is 0.462. The maximum absolute atomic E-state index is 11.5. The van der Waals surface area contributed by atoms with Gasteiger partial charge in [0.05, 0.1) is 12.0 Å². The minimum absolute atomic E-state index is 0.0391. The Morgan fingerprint density at radius 1 is 1.53 bits per heavy atom. The van der Waals surface area contributed by atoms with Crippen molar-refractivity contribution in [2.75, 3.05) is 7.11 Å². The van der Waals surface area contributed by atoms with E-state index in [9.17, 15) is 14.9 Å². The summed E-state index contributed by atoms with van der Waals surface area (Å²) < 4.78 is 4.69. The molecule has 6 nitrogen and oxygen atoms in total. The molecule has 0 amide bonds. The number of carbonyl (C=O) groups excluding carboxylic acids is 1. The van der Waals surface area contributed by atoms with Crippen molar-refractivity contribution in [1.29, 1.82) is 0 Å². The van der Waals surface area contributed by atoms with Crippen LogP contribution in [0.3, 0.4) is 0 Å². The smallest absolute Gasteiger partial charge is 0.322 e. The number of hydrogen-bond donors (Lipinski definition) is 1. The lowest BCUT2D eigenvalue weighted by Gasteiger charge is -2.20. The molecule has 1 aromatic rings. The van der Waals surface area contributed by atoms with Crippen molar-refractivity contribution in [1.82, 2.24) is 5.32 Å². The van der Waals surface area contributed by atoms with Gasteiger partial charge in [0.25, 0.3) is 5.69 Å². The van der Waals surface area contributed by atoms with Crippen LogP contribution in [0.15, 0.2) is 24.3 Å². The summed E-state index contributed by atoms with van der Waals surface area (Å²) in [6.07, 6.45) is 0.589. The number of nitrogens with zero attached hydrogens (tertiary/aromatic N) is 1. The third kappa shape index (κ3) is 4.03. The van der Waals surface area contributed by atoms with Crippen molar-refractivity contribution in [2.24, 2.45) is 0 Å². The normalized spacial score (nSPS) is 13.6. The summed E-state index contributed by atoms with van der Waals surface area (Å²) in [5, 5.41) is 13.8. The van der Waals surface area contributed by atoms with Gasteiger partial charge in [-0.2, -0.15) is 0 Å². The number of hydrogen-bond acceptors (Lipinski definition) is 5. The van der Waals surface area contributed by atoms with Gasteiger partial charge in [-0.25, -0.2) is 0 Å². The maximum atomic E-state index is 11.5. The second kappa shape index (κ2) is 6.84. The van der Waals surface area contributed by atoms with Gasteiger partial charge in [0.1, 0.15) is 6.04 Å². The number of methoxy groups -OCH3 is 1. The molecule has 0 heterocycles. The minimum atomic E-state index is -0.437. The minimum Gasteiger partial charge on any atom is -0.468 e. The lowest BCUT2D eigenvalue weighted by atomic mass is 10.1. The summed E-state index contributed by atoms with van der Waals surface area (Å²) in [7, 11) is 1.34. The van der Waals surface area contributed by atoms with Crippen LogP contribution >= 0.6 is 0 Å². The summed E-state index contributed by atoms with van der Waals surface area (Å²) in [5.74, 6) is -0.334. The Morgan fingerprint density at radius 2 is 2.21 bits per heavy atom. The van der Waals surface area contributed by atoms with Crippen LogP contribution in [0.25, 0.3) is 0 Å². The molecule has 0 aromatic heterocycles. The molecule has 104 valence electrons. The summed E-state index contributed by atoms with van der Waals surface area (Å²) in [5.41, 5.74) is 0.800. The Balaban J connectivity index is 2.82. The van der Waals surface area contributed by atoms with E-state index in [0.29, 0.717) is 6.42 Å². The quantitative estimate of drug-likeness (QED) is 0.485. The second-order valence-corrected chi connectivity index (χ2v) is 4.22. The standard InChI is InChI=1S/C13H18N2O4/c1-4-12(13(16)19-3)14-9(2)10-6-5-7-11(8-10)15(17)18/h5-9,12,14H,4H2,1-3H3. The highest BCUT2D eigenvalue weighted by Crippen LogP contribution is 2.19. The zero-order chi connectivity index (χ0) is 14.4. The first-order valence-corrected chi connectivity index (χ1v) is 6.07. The van der Waals surface area contributed by atoms with Gasteiger partial charge in [-0.1, -0.05) is 19.1 Å². The zero-order valence-corrected chi connectivity index (χ0v) is 11.3. The molecule has 2 unspecified atom stereocenters. The fourth-order valence-corrected chi connectivity index (χ4v) is 1.80. The molecule has 0 aliphatic rings. The van der Waals surface area contributed by atoms with Gasteiger partial charge in [-0.05, 0) is 18.9 Å². The molecule has 0 saturated carbocycles. The highest BCUT2D eigenvalue weighted by Gasteiger charge is 2.20. The Hall–Kier alpha value is -1.95. The molecule has 0 spiro atoms. The molecule has 1 aromatic carbocycles. The molecule has 0 fully saturated rings. The highest BCUT2D eigenvalue weighted by atomic mass is 16.6. The summed E-state index contributed by atoms with van der Waals surface area (Å²) >= 11 is 0. The molecule has 1 N–H and O–H groups in total. The molecule has 2 atom stereocenters. The van der Waals surface area contributed by atoms with E-state index in [4.69, 9.17) is 4.74 Å². The average molecular weight is 266 g/mol. The van der Waals surface area contributed by atoms with E-state index < -0.39 is 11.0 Å². The Labute approximate surface area is 111 Å². The van der Waals surface area contributed by atoms with Crippen molar-refractivity contribution in [3.8, 4) is 0 Å². The van der Waals surface area contributed by atoms with Gasteiger partial charge in [-0.3, -0.25) is 20.2 Å². The van der Waals surface area contributed by atoms with Crippen molar-refractivity contribution in [2.45, 2.75) is 32.4 Å². The SMILES string of the molecule is CCC(NC(C)c1cccc([N+](=O)[O-])c1)C(=O)OC. The van der Waals surface area contributed by atoms with E-state index in [0.717, 1.165) is 5.56 Å². The van der Waals surface area contributed by atoms with E-state index in [1.54, 1.807) is 12.1 Å².